The third kappa shape index (κ3) is 2.20. The van der Waals surface area contributed by atoms with Gasteiger partial charge >= 0.3 is 0 Å². The fourth-order valence-electron chi connectivity index (χ4n) is 1.96. The number of halogens is 1. The van der Waals surface area contributed by atoms with E-state index in [-0.39, 0.29) is 11.9 Å². The number of rotatable bonds is 1. The zero-order valence-electron chi connectivity index (χ0n) is 9.19. The van der Waals surface area contributed by atoms with Crippen LogP contribution in [-0.2, 0) is 0 Å². The summed E-state index contributed by atoms with van der Waals surface area (Å²) in [5.74, 6) is 0.380. The van der Waals surface area contributed by atoms with Crippen LogP contribution in [-0.4, -0.2) is 29.9 Å². The average molecular weight is 239 g/mol. The molecule has 2 unspecified atom stereocenters. The molecule has 1 aliphatic rings. The molecule has 3 nitrogen and oxygen atoms in total. The van der Waals surface area contributed by atoms with Crippen LogP contribution in [0.25, 0.3) is 0 Å². The number of nitrogens with two attached hydrogens (primary N) is 1. The number of likely N-dealkylation sites (tertiary alicyclic amines) is 1. The maximum atomic E-state index is 12.1. The third-order valence-corrected chi connectivity index (χ3v) is 3.26. The lowest BCUT2D eigenvalue weighted by atomic mass is 10.1. The highest BCUT2D eigenvalue weighted by Gasteiger charge is 2.30. The molecule has 0 radical (unpaired) electrons. The summed E-state index contributed by atoms with van der Waals surface area (Å²) in [5.41, 5.74) is 6.53. The molecule has 86 valence electrons. The molecule has 1 saturated heterocycles. The van der Waals surface area contributed by atoms with Gasteiger partial charge in [0.1, 0.15) is 0 Å². The molecule has 0 aliphatic carbocycles. The molecule has 1 heterocycles. The molecular weight excluding hydrogens is 224 g/mol. The first-order chi connectivity index (χ1) is 7.58. The van der Waals surface area contributed by atoms with Crippen LogP contribution in [0.4, 0.5) is 0 Å². The van der Waals surface area contributed by atoms with Gasteiger partial charge in [0.15, 0.2) is 0 Å². The zero-order chi connectivity index (χ0) is 11.7. The number of hydrogen-bond donors (Lipinski definition) is 1. The molecule has 2 atom stereocenters. The number of benzene rings is 1. The number of carbonyl (C=O) groups is 1. The van der Waals surface area contributed by atoms with Gasteiger partial charge in [0.2, 0.25) is 0 Å². The van der Waals surface area contributed by atoms with Gasteiger partial charge in [-0.2, -0.15) is 0 Å². The number of hydrogen-bond acceptors (Lipinski definition) is 2. The van der Waals surface area contributed by atoms with Gasteiger partial charge in [-0.25, -0.2) is 0 Å². The standard InChI is InChI=1S/C12H15ClN2O/c1-8-6-15(7-11(8)14)12(16)9-3-2-4-10(13)5-9/h2-5,8,11H,6-7,14H2,1H3. The Morgan fingerprint density at radius 3 is 2.81 bits per heavy atom. The maximum absolute atomic E-state index is 12.1. The van der Waals surface area contributed by atoms with Crippen molar-refractivity contribution in [1.82, 2.24) is 4.90 Å². The Morgan fingerprint density at radius 2 is 2.25 bits per heavy atom. The summed E-state index contributed by atoms with van der Waals surface area (Å²) in [6, 6.07) is 7.11. The first kappa shape index (κ1) is 11.4. The Bertz CT molecular complexity index is 398. The van der Waals surface area contributed by atoms with Crippen molar-refractivity contribution in [2.24, 2.45) is 11.7 Å². The van der Waals surface area contributed by atoms with E-state index in [0.29, 0.717) is 23.0 Å². The van der Waals surface area contributed by atoms with Crippen molar-refractivity contribution < 1.29 is 4.79 Å². The summed E-state index contributed by atoms with van der Waals surface area (Å²) in [6.07, 6.45) is 0. The van der Waals surface area contributed by atoms with E-state index < -0.39 is 0 Å². The molecule has 4 heteroatoms. The fraction of sp³-hybridized carbons (Fsp3) is 0.417. The van der Waals surface area contributed by atoms with Gasteiger partial charge in [-0.3, -0.25) is 4.79 Å². The Balaban J connectivity index is 2.14. The highest BCUT2D eigenvalue weighted by molar-refractivity contribution is 6.30. The van der Waals surface area contributed by atoms with Crippen molar-refractivity contribution in [3.05, 3.63) is 34.9 Å². The predicted octanol–water partition coefficient (Wildman–Crippen LogP) is 1.76. The van der Waals surface area contributed by atoms with Gasteiger partial charge in [-0.15, -0.1) is 0 Å². The molecule has 0 aromatic heterocycles. The summed E-state index contributed by atoms with van der Waals surface area (Å²) in [6.45, 7) is 3.43. The minimum Gasteiger partial charge on any atom is -0.337 e. The first-order valence-corrected chi connectivity index (χ1v) is 5.76. The largest absolute Gasteiger partial charge is 0.337 e. The van der Waals surface area contributed by atoms with Gasteiger partial charge in [0.25, 0.3) is 5.91 Å². The smallest absolute Gasteiger partial charge is 0.253 e. The number of amides is 1. The Labute approximate surface area is 100 Å². The molecule has 2 N–H and O–H groups in total. The third-order valence-electron chi connectivity index (χ3n) is 3.03. The molecule has 1 fully saturated rings. The molecule has 0 saturated carbocycles. The summed E-state index contributed by atoms with van der Waals surface area (Å²) in [4.78, 5) is 13.9. The van der Waals surface area contributed by atoms with Crippen molar-refractivity contribution in [1.29, 1.82) is 0 Å². The van der Waals surface area contributed by atoms with Crippen LogP contribution in [0.5, 0.6) is 0 Å². The van der Waals surface area contributed by atoms with E-state index >= 15 is 0 Å². The number of nitrogens with zero attached hydrogens (tertiary/aromatic N) is 1. The highest BCUT2D eigenvalue weighted by atomic mass is 35.5. The zero-order valence-corrected chi connectivity index (χ0v) is 9.95. The molecule has 1 amide bonds. The summed E-state index contributed by atoms with van der Waals surface area (Å²) < 4.78 is 0. The van der Waals surface area contributed by atoms with E-state index in [0.717, 1.165) is 6.54 Å². The SMILES string of the molecule is CC1CN(C(=O)c2cccc(Cl)c2)CC1N. The summed E-state index contributed by atoms with van der Waals surface area (Å²) in [5, 5.41) is 0.586. The van der Waals surface area contributed by atoms with Crippen LogP contribution >= 0.6 is 11.6 Å². The number of carbonyl (C=O) groups excluding carboxylic acids is 1. The Hall–Kier alpha value is -1.06. The van der Waals surface area contributed by atoms with Gasteiger partial charge in [-0.1, -0.05) is 24.6 Å². The first-order valence-electron chi connectivity index (χ1n) is 5.38. The van der Waals surface area contributed by atoms with Gasteiger partial charge < -0.3 is 10.6 Å². The van der Waals surface area contributed by atoms with Gasteiger partial charge in [0.05, 0.1) is 0 Å². The topological polar surface area (TPSA) is 46.3 Å². The second-order valence-corrected chi connectivity index (χ2v) is 4.80. The lowest BCUT2D eigenvalue weighted by Crippen LogP contribution is -2.32. The van der Waals surface area contributed by atoms with Crippen LogP contribution in [0, 0.1) is 5.92 Å². The van der Waals surface area contributed by atoms with Crippen LogP contribution in [0.2, 0.25) is 5.02 Å². The van der Waals surface area contributed by atoms with Gasteiger partial charge in [0, 0.05) is 29.7 Å². The lowest BCUT2D eigenvalue weighted by Gasteiger charge is -2.15. The van der Waals surface area contributed by atoms with E-state index in [1.54, 1.807) is 29.2 Å². The van der Waals surface area contributed by atoms with Crippen LogP contribution in [0.3, 0.4) is 0 Å². The van der Waals surface area contributed by atoms with Crippen molar-refractivity contribution in [3.8, 4) is 0 Å². The molecular formula is C12H15ClN2O. The minimum absolute atomic E-state index is 0.0160. The monoisotopic (exact) mass is 238 g/mol. The Kier molecular flexibility index (Phi) is 3.17. The van der Waals surface area contributed by atoms with Crippen LogP contribution < -0.4 is 5.73 Å². The van der Waals surface area contributed by atoms with E-state index in [4.69, 9.17) is 17.3 Å². The molecule has 0 spiro atoms. The quantitative estimate of drug-likeness (QED) is 0.811. The van der Waals surface area contributed by atoms with E-state index in [2.05, 4.69) is 6.92 Å². The van der Waals surface area contributed by atoms with E-state index in [1.807, 2.05) is 0 Å². The fourth-order valence-corrected chi connectivity index (χ4v) is 2.15. The summed E-state index contributed by atoms with van der Waals surface area (Å²) in [7, 11) is 0. The lowest BCUT2D eigenvalue weighted by molar-refractivity contribution is 0.0787. The molecule has 1 aliphatic heterocycles. The van der Waals surface area contributed by atoms with Crippen LogP contribution in [0.15, 0.2) is 24.3 Å². The van der Waals surface area contributed by atoms with Crippen molar-refractivity contribution in [3.63, 3.8) is 0 Å². The van der Waals surface area contributed by atoms with Crippen molar-refractivity contribution >= 4 is 17.5 Å². The normalized spacial score (nSPS) is 24.8. The predicted molar refractivity (Wildman–Crippen MR) is 64.5 cm³/mol. The van der Waals surface area contributed by atoms with Gasteiger partial charge in [-0.05, 0) is 24.1 Å². The highest BCUT2D eigenvalue weighted by Crippen LogP contribution is 2.19. The van der Waals surface area contributed by atoms with Crippen molar-refractivity contribution in [2.45, 2.75) is 13.0 Å². The molecule has 16 heavy (non-hydrogen) atoms. The minimum atomic E-state index is 0.0160. The maximum Gasteiger partial charge on any atom is 0.253 e. The molecule has 0 bridgehead atoms. The molecule has 1 aromatic carbocycles. The molecule has 1 aromatic rings. The van der Waals surface area contributed by atoms with E-state index in [9.17, 15) is 4.79 Å². The van der Waals surface area contributed by atoms with E-state index in [1.165, 1.54) is 0 Å². The summed E-state index contributed by atoms with van der Waals surface area (Å²) >= 11 is 5.86. The van der Waals surface area contributed by atoms with Crippen LogP contribution in [0.1, 0.15) is 17.3 Å². The Morgan fingerprint density at radius 1 is 1.50 bits per heavy atom. The second kappa shape index (κ2) is 4.44. The second-order valence-electron chi connectivity index (χ2n) is 4.36. The van der Waals surface area contributed by atoms with Crippen molar-refractivity contribution in [2.75, 3.05) is 13.1 Å². The molecule has 2 rings (SSSR count). The average Bonchev–Trinajstić information content (AvgIpc) is 2.58.